The van der Waals surface area contributed by atoms with Crippen molar-refractivity contribution in [1.29, 1.82) is 5.26 Å². The monoisotopic (exact) mass is 242 g/mol. The Labute approximate surface area is 104 Å². The molecule has 0 aliphatic carbocycles. The number of thiophene rings is 1. The zero-order valence-electron chi connectivity index (χ0n) is 9.25. The van der Waals surface area contributed by atoms with Gasteiger partial charge in [-0.25, -0.2) is 0 Å². The van der Waals surface area contributed by atoms with Gasteiger partial charge in [0.15, 0.2) is 6.29 Å². The van der Waals surface area contributed by atoms with Crippen LogP contribution in [0, 0.1) is 11.3 Å². The number of carbonyl (C=O) groups is 1. The Bertz CT molecular complexity index is 583. The van der Waals surface area contributed by atoms with Crippen LogP contribution in [-0.4, -0.2) is 13.3 Å². The molecule has 0 amide bonds. The molecule has 1 heterocycles. The van der Waals surface area contributed by atoms with Gasteiger partial charge >= 0.3 is 0 Å². The fraction of sp³-hybridized carbons (Fsp3) is 0.0769. The highest BCUT2D eigenvalue weighted by Gasteiger charge is 2.07. The summed E-state index contributed by atoms with van der Waals surface area (Å²) < 4.78 is 0. The minimum Gasteiger partial charge on any atom is -0.336 e. The summed E-state index contributed by atoms with van der Waals surface area (Å²) >= 11 is 1.42. The third-order valence-electron chi connectivity index (χ3n) is 2.42. The summed E-state index contributed by atoms with van der Waals surface area (Å²) in [7, 11) is 1.91. The lowest BCUT2D eigenvalue weighted by Gasteiger charge is -2.17. The number of nitriles is 1. The summed E-state index contributed by atoms with van der Waals surface area (Å²) in [5, 5.41) is 9.82. The Morgan fingerprint density at radius 2 is 2.18 bits per heavy atom. The molecule has 0 spiro atoms. The topological polar surface area (TPSA) is 44.1 Å². The highest BCUT2D eigenvalue weighted by molar-refractivity contribution is 7.17. The summed E-state index contributed by atoms with van der Waals surface area (Å²) in [5.74, 6) is 0. The van der Waals surface area contributed by atoms with Gasteiger partial charge in [-0.2, -0.15) is 5.26 Å². The van der Waals surface area contributed by atoms with Gasteiger partial charge in [0.05, 0.1) is 21.5 Å². The zero-order valence-corrected chi connectivity index (χ0v) is 10.1. The molecule has 17 heavy (non-hydrogen) atoms. The van der Waals surface area contributed by atoms with Crippen molar-refractivity contribution in [3.05, 3.63) is 46.8 Å². The van der Waals surface area contributed by atoms with E-state index < -0.39 is 0 Å². The van der Waals surface area contributed by atoms with Crippen LogP contribution in [0.15, 0.2) is 36.4 Å². The molecule has 1 aromatic heterocycles. The highest BCUT2D eigenvalue weighted by atomic mass is 32.1. The molecule has 2 aromatic rings. The van der Waals surface area contributed by atoms with Gasteiger partial charge in [0.25, 0.3) is 0 Å². The van der Waals surface area contributed by atoms with Crippen LogP contribution in [0.5, 0.6) is 0 Å². The van der Waals surface area contributed by atoms with Crippen molar-refractivity contribution in [3.63, 3.8) is 0 Å². The maximum atomic E-state index is 10.6. The highest BCUT2D eigenvalue weighted by Crippen LogP contribution is 2.30. The molecule has 0 saturated carbocycles. The Hall–Kier alpha value is -2.12. The van der Waals surface area contributed by atoms with Crippen LogP contribution in [0.4, 0.5) is 10.7 Å². The Morgan fingerprint density at radius 1 is 1.35 bits per heavy atom. The van der Waals surface area contributed by atoms with E-state index >= 15 is 0 Å². The minimum atomic E-state index is 0.626. The van der Waals surface area contributed by atoms with E-state index in [1.807, 2.05) is 36.2 Å². The summed E-state index contributed by atoms with van der Waals surface area (Å²) in [5.41, 5.74) is 1.56. The van der Waals surface area contributed by atoms with Crippen molar-refractivity contribution in [1.82, 2.24) is 0 Å². The third kappa shape index (κ3) is 2.35. The number of anilines is 2. The van der Waals surface area contributed by atoms with E-state index in [-0.39, 0.29) is 0 Å². The quantitative estimate of drug-likeness (QED) is 0.776. The molecule has 2 rings (SSSR count). The van der Waals surface area contributed by atoms with Crippen LogP contribution in [0.3, 0.4) is 0 Å². The average Bonchev–Trinajstić information content (AvgIpc) is 2.86. The van der Waals surface area contributed by atoms with E-state index in [0.29, 0.717) is 10.4 Å². The van der Waals surface area contributed by atoms with E-state index in [4.69, 9.17) is 5.26 Å². The van der Waals surface area contributed by atoms with Gasteiger partial charge in [-0.3, -0.25) is 4.79 Å². The molecule has 0 saturated heterocycles. The Balaban J connectivity index is 2.33. The lowest BCUT2D eigenvalue weighted by molar-refractivity contribution is 0.112. The Kier molecular flexibility index (Phi) is 3.22. The molecule has 0 unspecified atom stereocenters. The van der Waals surface area contributed by atoms with Gasteiger partial charge in [-0.1, -0.05) is 6.07 Å². The normalized spacial score (nSPS) is 9.65. The van der Waals surface area contributed by atoms with Gasteiger partial charge in [0.2, 0.25) is 0 Å². The first kappa shape index (κ1) is 11.4. The molecule has 0 radical (unpaired) electrons. The second-order valence-electron chi connectivity index (χ2n) is 3.52. The van der Waals surface area contributed by atoms with E-state index in [2.05, 4.69) is 6.07 Å². The smallest absolute Gasteiger partial charge is 0.160 e. The number of carbonyl (C=O) groups excluding carboxylic acids is 1. The lowest BCUT2D eigenvalue weighted by atomic mass is 10.2. The standard InChI is InChI=1S/C13H10N2OS/c1-15(13-6-5-12(9-16)17-13)11-4-2-3-10(7-11)8-14/h2-7,9H,1H3. The molecule has 4 heteroatoms. The van der Waals surface area contributed by atoms with Gasteiger partial charge < -0.3 is 4.90 Å². The molecule has 84 valence electrons. The molecular weight excluding hydrogens is 232 g/mol. The van der Waals surface area contributed by atoms with Crippen LogP contribution in [-0.2, 0) is 0 Å². The van der Waals surface area contributed by atoms with Crippen molar-refractivity contribution in [3.8, 4) is 6.07 Å². The number of nitrogens with zero attached hydrogens (tertiary/aromatic N) is 2. The van der Waals surface area contributed by atoms with E-state index in [9.17, 15) is 4.79 Å². The second kappa shape index (κ2) is 4.81. The molecule has 3 nitrogen and oxygen atoms in total. The zero-order chi connectivity index (χ0) is 12.3. The molecule has 0 aliphatic rings. The number of hydrogen-bond donors (Lipinski definition) is 0. The van der Waals surface area contributed by atoms with Crippen LogP contribution >= 0.6 is 11.3 Å². The molecule has 0 atom stereocenters. The van der Waals surface area contributed by atoms with E-state index in [1.165, 1.54) is 11.3 Å². The van der Waals surface area contributed by atoms with Gasteiger partial charge in [-0.05, 0) is 30.3 Å². The largest absolute Gasteiger partial charge is 0.336 e. The van der Waals surface area contributed by atoms with Crippen LogP contribution in [0.1, 0.15) is 15.2 Å². The predicted octanol–water partition coefficient (Wildman–Crippen LogP) is 3.20. The first-order chi connectivity index (χ1) is 8.24. The minimum absolute atomic E-state index is 0.626. The molecule has 0 aliphatic heterocycles. The summed E-state index contributed by atoms with van der Waals surface area (Å²) in [6, 6.07) is 13.2. The number of hydrogen-bond acceptors (Lipinski definition) is 4. The maximum absolute atomic E-state index is 10.6. The van der Waals surface area contributed by atoms with Crippen LogP contribution < -0.4 is 4.90 Å². The summed E-state index contributed by atoms with van der Waals surface area (Å²) in [6.07, 6.45) is 0.841. The van der Waals surface area contributed by atoms with Crippen molar-refractivity contribution in [2.45, 2.75) is 0 Å². The molecule has 0 fully saturated rings. The van der Waals surface area contributed by atoms with E-state index in [1.54, 1.807) is 12.1 Å². The van der Waals surface area contributed by atoms with Crippen molar-refractivity contribution in [2.24, 2.45) is 0 Å². The molecule has 0 bridgehead atoms. The average molecular weight is 242 g/mol. The van der Waals surface area contributed by atoms with Gasteiger partial charge in [0, 0.05) is 12.7 Å². The first-order valence-corrected chi connectivity index (χ1v) is 5.85. The summed E-state index contributed by atoms with van der Waals surface area (Å²) in [4.78, 5) is 13.3. The summed E-state index contributed by atoms with van der Waals surface area (Å²) in [6.45, 7) is 0. The Morgan fingerprint density at radius 3 is 2.82 bits per heavy atom. The van der Waals surface area contributed by atoms with Gasteiger partial charge in [-0.15, -0.1) is 11.3 Å². The number of rotatable bonds is 3. The fourth-order valence-corrected chi connectivity index (χ4v) is 2.30. The SMILES string of the molecule is CN(c1cccc(C#N)c1)c1ccc(C=O)s1. The maximum Gasteiger partial charge on any atom is 0.160 e. The molecular formula is C13H10N2OS. The molecule has 0 N–H and O–H groups in total. The second-order valence-corrected chi connectivity index (χ2v) is 4.61. The predicted molar refractivity (Wildman–Crippen MR) is 68.9 cm³/mol. The third-order valence-corrected chi connectivity index (χ3v) is 3.51. The van der Waals surface area contributed by atoms with Crippen LogP contribution in [0.2, 0.25) is 0 Å². The van der Waals surface area contributed by atoms with Crippen molar-refractivity contribution in [2.75, 3.05) is 11.9 Å². The van der Waals surface area contributed by atoms with Crippen molar-refractivity contribution < 1.29 is 4.79 Å². The van der Waals surface area contributed by atoms with Gasteiger partial charge in [0.1, 0.15) is 0 Å². The number of aldehydes is 1. The molecule has 1 aromatic carbocycles. The fourth-order valence-electron chi connectivity index (χ4n) is 1.50. The van der Waals surface area contributed by atoms with Crippen molar-refractivity contribution >= 4 is 28.3 Å². The first-order valence-electron chi connectivity index (χ1n) is 5.03. The lowest BCUT2D eigenvalue weighted by Crippen LogP contribution is -2.07. The van der Waals surface area contributed by atoms with E-state index in [0.717, 1.165) is 17.0 Å². The van der Waals surface area contributed by atoms with Crippen LogP contribution in [0.25, 0.3) is 0 Å². The number of benzene rings is 1.